The highest BCUT2D eigenvalue weighted by molar-refractivity contribution is 6.74. The van der Waals surface area contributed by atoms with E-state index >= 15 is 0 Å². The molecule has 0 atom stereocenters. The summed E-state index contributed by atoms with van der Waals surface area (Å²) >= 11 is 0. The molecule has 1 aromatic carbocycles. The van der Waals surface area contributed by atoms with Crippen LogP contribution in [0.25, 0.3) is 0 Å². The number of aliphatic hydroxyl groups is 1. The summed E-state index contributed by atoms with van der Waals surface area (Å²) in [6, 6.07) is 7.95. The fraction of sp³-hybridized carbons (Fsp3) is 0.684. The Labute approximate surface area is 143 Å². The molecule has 23 heavy (non-hydrogen) atoms. The highest BCUT2D eigenvalue weighted by Gasteiger charge is 2.38. The molecule has 0 radical (unpaired) electrons. The number of ether oxygens (including phenoxy) is 1. The second kappa shape index (κ2) is 6.58. The fourth-order valence-corrected chi connectivity index (χ4v) is 2.56. The predicted molar refractivity (Wildman–Crippen MR) is 99.4 cm³/mol. The van der Waals surface area contributed by atoms with Gasteiger partial charge in [-0.25, -0.2) is 0 Å². The Morgan fingerprint density at radius 3 is 2.04 bits per heavy atom. The van der Waals surface area contributed by atoms with Crippen molar-refractivity contribution in [1.29, 1.82) is 0 Å². The Kier molecular flexibility index (Phi) is 5.78. The van der Waals surface area contributed by atoms with Crippen LogP contribution < -0.4 is 4.74 Å². The van der Waals surface area contributed by atoms with Crippen molar-refractivity contribution in [1.82, 2.24) is 0 Å². The molecule has 0 heterocycles. The quantitative estimate of drug-likeness (QED) is 0.730. The van der Waals surface area contributed by atoms with Crippen molar-refractivity contribution in [3.8, 4) is 5.75 Å². The molecule has 0 saturated heterocycles. The van der Waals surface area contributed by atoms with Crippen LogP contribution in [0.15, 0.2) is 24.3 Å². The van der Waals surface area contributed by atoms with Gasteiger partial charge in [-0.3, -0.25) is 0 Å². The molecule has 1 aromatic rings. The van der Waals surface area contributed by atoms with Gasteiger partial charge in [0.05, 0.1) is 12.2 Å². The van der Waals surface area contributed by atoms with Gasteiger partial charge in [0.1, 0.15) is 11.4 Å². The van der Waals surface area contributed by atoms with Gasteiger partial charge in [-0.2, -0.15) is 0 Å². The first-order chi connectivity index (χ1) is 10.2. The summed E-state index contributed by atoms with van der Waals surface area (Å²) in [5.41, 5.74) is -0.508. The Morgan fingerprint density at radius 2 is 1.57 bits per heavy atom. The van der Waals surface area contributed by atoms with Gasteiger partial charge in [-0.15, -0.1) is 0 Å². The van der Waals surface area contributed by atoms with Gasteiger partial charge < -0.3 is 14.3 Å². The minimum absolute atomic E-state index is 0.198. The third kappa shape index (κ3) is 5.33. The maximum atomic E-state index is 10.2. The molecule has 0 spiro atoms. The number of hydrogen-bond acceptors (Lipinski definition) is 3. The van der Waals surface area contributed by atoms with Crippen molar-refractivity contribution in [3.05, 3.63) is 29.8 Å². The molecule has 0 amide bonds. The van der Waals surface area contributed by atoms with Crippen LogP contribution in [0.4, 0.5) is 0 Å². The van der Waals surface area contributed by atoms with E-state index in [0.717, 1.165) is 11.3 Å². The van der Waals surface area contributed by atoms with Crippen molar-refractivity contribution >= 4 is 8.32 Å². The maximum absolute atomic E-state index is 10.2. The molecule has 0 aliphatic rings. The molecule has 0 aromatic heterocycles. The predicted octanol–water partition coefficient (Wildman–Crippen LogP) is 5.14. The Hall–Kier alpha value is -0.843. The van der Waals surface area contributed by atoms with E-state index in [1.54, 1.807) is 13.8 Å². The lowest BCUT2D eigenvalue weighted by Crippen LogP contribution is -2.49. The Morgan fingerprint density at radius 1 is 1.00 bits per heavy atom. The summed E-state index contributed by atoms with van der Waals surface area (Å²) < 4.78 is 12.3. The van der Waals surface area contributed by atoms with E-state index in [2.05, 4.69) is 39.9 Å². The molecular formula is C19H34O3Si. The van der Waals surface area contributed by atoms with Crippen LogP contribution in [0.1, 0.15) is 54.0 Å². The fourth-order valence-electron chi connectivity index (χ4n) is 1.60. The Balaban J connectivity index is 2.83. The van der Waals surface area contributed by atoms with Crippen LogP contribution in [0.5, 0.6) is 5.75 Å². The molecule has 0 saturated carbocycles. The van der Waals surface area contributed by atoms with Gasteiger partial charge in [-0.05, 0) is 63.5 Å². The van der Waals surface area contributed by atoms with E-state index in [9.17, 15) is 5.11 Å². The summed E-state index contributed by atoms with van der Waals surface area (Å²) in [6.45, 7) is 19.1. The smallest absolute Gasteiger partial charge is 0.192 e. The van der Waals surface area contributed by atoms with Crippen LogP contribution >= 0.6 is 0 Å². The molecule has 1 N–H and O–H groups in total. The van der Waals surface area contributed by atoms with Gasteiger partial charge in [0.25, 0.3) is 0 Å². The molecular weight excluding hydrogens is 304 g/mol. The highest BCUT2D eigenvalue weighted by Crippen LogP contribution is 2.37. The van der Waals surface area contributed by atoms with E-state index in [4.69, 9.17) is 9.16 Å². The van der Waals surface area contributed by atoms with Crippen LogP contribution in [0.3, 0.4) is 0 Å². The second-order valence-corrected chi connectivity index (χ2v) is 13.7. The summed E-state index contributed by atoms with van der Waals surface area (Å²) in [6.07, 6.45) is 0. The van der Waals surface area contributed by atoms with Crippen molar-refractivity contribution in [3.63, 3.8) is 0 Å². The van der Waals surface area contributed by atoms with E-state index in [1.165, 1.54) is 0 Å². The zero-order chi connectivity index (χ0) is 18.1. The number of rotatable bonds is 6. The highest BCUT2D eigenvalue weighted by atomic mass is 28.4. The molecule has 4 heteroatoms. The minimum atomic E-state index is -1.76. The number of hydrogen-bond donors (Lipinski definition) is 1. The topological polar surface area (TPSA) is 38.7 Å². The van der Waals surface area contributed by atoms with Crippen LogP contribution in [0, 0.1) is 0 Å². The molecule has 0 bridgehead atoms. The lowest BCUT2D eigenvalue weighted by Gasteiger charge is -2.37. The normalized spacial score (nSPS) is 14.0. The van der Waals surface area contributed by atoms with E-state index in [0.29, 0.717) is 6.61 Å². The first kappa shape index (κ1) is 20.2. The van der Waals surface area contributed by atoms with E-state index in [1.807, 2.05) is 32.0 Å². The maximum Gasteiger partial charge on any atom is 0.192 e. The van der Waals surface area contributed by atoms with E-state index in [-0.39, 0.29) is 5.04 Å². The summed E-state index contributed by atoms with van der Waals surface area (Å²) in [5, 5.41) is 10.4. The van der Waals surface area contributed by atoms with E-state index < -0.39 is 19.5 Å². The summed E-state index contributed by atoms with van der Waals surface area (Å²) in [5.74, 6) is 0.758. The SMILES string of the molecule is CC(C)(O)C(C)(C)Oc1cccc(CO[Si](C)(C)C(C)(C)C)c1. The van der Waals surface area contributed by atoms with Gasteiger partial charge in [0.2, 0.25) is 0 Å². The zero-order valence-electron chi connectivity index (χ0n) is 16.3. The largest absolute Gasteiger partial charge is 0.485 e. The Bertz CT molecular complexity index is 522. The summed E-state index contributed by atoms with van der Waals surface area (Å²) in [7, 11) is -1.76. The zero-order valence-corrected chi connectivity index (χ0v) is 17.3. The average molecular weight is 339 g/mol. The van der Waals surface area contributed by atoms with Gasteiger partial charge >= 0.3 is 0 Å². The lowest BCUT2D eigenvalue weighted by atomic mass is 9.89. The first-order valence-corrected chi connectivity index (χ1v) is 11.2. The van der Waals surface area contributed by atoms with Crippen molar-refractivity contribution in [2.45, 2.75) is 84.4 Å². The molecule has 0 unspecified atom stereocenters. The average Bonchev–Trinajstić information content (AvgIpc) is 2.33. The first-order valence-electron chi connectivity index (χ1n) is 8.30. The van der Waals surface area contributed by atoms with Crippen molar-refractivity contribution in [2.75, 3.05) is 0 Å². The third-order valence-electron chi connectivity index (χ3n) is 5.15. The van der Waals surface area contributed by atoms with Gasteiger partial charge in [0.15, 0.2) is 8.32 Å². The van der Waals surface area contributed by atoms with Crippen molar-refractivity contribution < 1.29 is 14.3 Å². The molecule has 1 rings (SSSR count). The van der Waals surface area contributed by atoms with Crippen molar-refractivity contribution in [2.24, 2.45) is 0 Å². The molecule has 3 nitrogen and oxygen atoms in total. The molecule has 0 aliphatic carbocycles. The van der Waals surface area contributed by atoms with Crippen LogP contribution in [-0.4, -0.2) is 24.6 Å². The summed E-state index contributed by atoms with van der Waals surface area (Å²) in [4.78, 5) is 0. The second-order valence-electron chi connectivity index (χ2n) is 8.87. The standard InChI is InChI=1S/C19H34O3Si/c1-17(2,3)23(8,9)21-14-15-11-10-12-16(13-15)22-19(6,7)18(4,5)20/h10-13,20H,14H2,1-9H3. The van der Waals surface area contributed by atoms with Crippen LogP contribution in [0.2, 0.25) is 18.1 Å². The minimum Gasteiger partial charge on any atom is -0.485 e. The monoisotopic (exact) mass is 338 g/mol. The molecule has 132 valence electrons. The lowest BCUT2D eigenvalue weighted by molar-refractivity contribution is -0.0907. The molecule has 0 aliphatic heterocycles. The third-order valence-corrected chi connectivity index (χ3v) is 9.63. The van der Waals surface area contributed by atoms with Crippen LogP contribution in [-0.2, 0) is 11.0 Å². The molecule has 0 fully saturated rings. The number of benzene rings is 1. The van der Waals surface area contributed by atoms with Gasteiger partial charge in [-0.1, -0.05) is 32.9 Å². The van der Waals surface area contributed by atoms with Gasteiger partial charge in [0, 0.05) is 0 Å².